The van der Waals surface area contributed by atoms with Gasteiger partial charge in [-0.2, -0.15) is 0 Å². The van der Waals surface area contributed by atoms with E-state index in [-0.39, 0.29) is 11.9 Å². The number of benzene rings is 1. The lowest BCUT2D eigenvalue weighted by Crippen LogP contribution is -2.08. The SMILES string of the molecule is CC[C@H](O)Cc1cccc(F)c1. The second kappa shape index (κ2) is 4.21. The molecule has 66 valence electrons. The first-order valence-corrected chi connectivity index (χ1v) is 4.15. The molecule has 0 saturated heterocycles. The van der Waals surface area contributed by atoms with Crippen molar-refractivity contribution < 1.29 is 9.50 Å². The molecule has 0 spiro atoms. The van der Waals surface area contributed by atoms with Crippen molar-refractivity contribution in [2.75, 3.05) is 0 Å². The minimum Gasteiger partial charge on any atom is -0.393 e. The average Bonchev–Trinajstić information content (AvgIpc) is 2.04. The minimum atomic E-state index is -0.355. The van der Waals surface area contributed by atoms with Crippen LogP contribution in [0, 0.1) is 5.82 Å². The van der Waals surface area contributed by atoms with E-state index in [0.29, 0.717) is 12.8 Å². The van der Waals surface area contributed by atoms with Gasteiger partial charge in [-0.05, 0) is 30.5 Å². The number of aliphatic hydroxyl groups excluding tert-OH is 1. The molecule has 0 aliphatic heterocycles. The third kappa shape index (κ3) is 2.62. The van der Waals surface area contributed by atoms with Crippen LogP contribution < -0.4 is 0 Å². The fraction of sp³-hybridized carbons (Fsp3) is 0.400. The fourth-order valence-corrected chi connectivity index (χ4v) is 1.08. The van der Waals surface area contributed by atoms with Crippen molar-refractivity contribution in [1.82, 2.24) is 0 Å². The van der Waals surface area contributed by atoms with Crippen molar-refractivity contribution in [2.24, 2.45) is 0 Å². The fourth-order valence-electron chi connectivity index (χ4n) is 1.08. The minimum absolute atomic E-state index is 0.240. The van der Waals surface area contributed by atoms with Gasteiger partial charge in [-0.15, -0.1) is 0 Å². The highest BCUT2D eigenvalue weighted by Crippen LogP contribution is 2.07. The van der Waals surface area contributed by atoms with Crippen molar-refractivity contribution >= 4 is 0 Å². The third-order valence-electron chi connectivity index (χ3n) is 1.83. The van der Waals surface area contributed by atoms with Crippen LogP contribution in [0.1, 0.15) is 18.9 Å². The first kappa shape index (κ1) is 9.20. The van der Waals surface area contributed by atoms with E-state index < -0.39 is 0 Å². The zero-order valence-electron chi connectivity index (χ0n) is 7.13. The molecule has 0 aromatic heterocycles. The number of hydrogen-bond acceptors (Lipinski definition) is 1. The standard InChI is InChI=1S/C10H13FO/c1-2-10(12)7-8-4-3-5-9(11)6-8/h3-6,10,12H,2,7H2,1H3/t10-/m0/s1. The Morgan fingerprint density at radius 2 is 2.25 bits per heavy atom. The summed E-state index contributed by atoms with van der Waals surface area (Å²) >= 11 is 0. The summed E-state index contributed by atoms with van der Waals surface area (Å²) in [6.07, 6.45) is 0.886. The van der Waals surface area contributed by atoms with Gasteiger partial charge < -0.3 is 5.11 Å². The van der Waals surface area contributed by atoms with Crippen LogP contribution in [0.5, 0.6) is 0 Å². The second-order valence-electron chi connectivity index (χ2n) is 2.90. The van der Waals surface area contributed by atoms with E-state index in [0.717, 1.165) is 5.56 Å². The van der Waals surface area contributed by atoms with Crippen LogP contribution in [0.25, 0.3) is 0 Å². The van der Waals surface area contributed by atoms with Crippen LogP contribution in [0.3, 0.4) is 0 Å². The van der Waals surface area contributed by atoms with E-state index in [2.05, 4.69) is 0 Å². The monoisotopic (exact) mass is 168 g/mol. The molecule has 0 heterocycles. The number of aliphatic hydroxyl groups is 1. The smallest absolute Gasteiger partial charge is 0.123 e. The highest BCUT2D eigenvalue weighted by Gasteiger charge is 2.02. The predicted octanol–water partition coefficient (Wildman–Crippen LogP) is 2.14. The largest absolute Gasteiger partial charge is 0.393 e. The summed E-state index contributed by atoms with van der Waals surface area (Å²) in [6.45, 7) is 1.91. The van der Waals surface area contributed by atoms with E-state index in [9.17, 15) is 9.50 Å². The highest BCUT2D eigenvalue weighted by molar-refractivity contribution is 5.16. The van der Waals surface area contributed by atoms with Crippen molar-refractivity contribution in [1.29, 1.82) is 0 Å². The van der Waals surface area contributed by atoms with Gasteiger partial charge in [0.05, 0.1) is 6.10 Å². The molecule has 0 amide bonds. The second-order valence-corrected chi connectivity index (χ2v) is 2.90. The summed E-state index contributed by atoms with van der Waals surface area (Å²) in [7, 11) is 0. The number of halogens is 1. The van der Waals surface area contributed by atoms with Gasteiger partial charge in [-0.25, -0.2) is 4.39 Å². The normalized spacial score (nSPS) is 12.9. The molecule has 1 aromatic carbocycles. The quantitative estimate of drug-likeness (QED) is 0.733. The van der Waals surface area contributed by atoms with E-state index in [1.165, 1.54) is 12.1 Å². The maximum Gasteiger partial charge on any atom is 0.123 e. The molecule has 1 aromatic rings. The topological polar surface area (TPSA) is 20.2 Å². The van der Waals surface area contributed by atoms with Gasteiger partial charge in [-0.3, -0.25) is 0 Å². The lowest BCUT2D eigenvalue weighted by atomic mass is 10.1. The summed E-state index contributed by atoms with van der Waals surface area (Å²) < 4.78 is 12.6. The van der Waals surface area contributed by atoms with Crippen LogP contribution in [0.4, 0.5) is 4.39 Å². The molecule has 0 bridgehead atoms. The molecule has 1 nitrogen and oxygen atoms in total. The Labute approximate surface area is 71.9 Å². The van der Waals surface area contributed by atoms with Crippen LogP contribution in [0.15, 0.2) is 24.3 Å². The lowest BCUT2D eigenvalue weighted by molar-refractivity contribution is 0.170. The van der Waals surface area contributed by atoms with Crippen molar-refractivity contribution in [3.05, 3.63) is 35.6 Å². The van der Waals surface area contributed by atoms with Gasteiger partial charge >= 0.3 is 0 Å². The molecule has 1 rings (SSSR count). The zero-order valence-corrected chi connectivity index (χ0v) is 7.13. The van der Waals surface area contributed by atoms with Crippen LogP contribution in [-0.2, 0) is 6.42 Å². The van der Waals surface area contributed by atoms with Crippen molar-refractivity contribution in [3.8, 4) is 0 Å². The van der Waals surface area contributed by atoms with Crippen LogP contribution in [-0.4, -0.2) is 11.2 Å². The van der Waals surface area contributed by atoms with Crippen molar-refractivity contribution in [3.63, 3.8) is 0 Å². The predicted molar refractivity (Wildman–Crippen MR) is 46.4 cm³/mol. The summed E-state index contributed by atoms with van der Waals surface area (Å²) in [5.74, 6) is -0.240. The Morgan fingerprint density at radius 1 is 1.50 bits per heavy atom. The van der Waals surface area contributed by atoms with Gasteiger partial charge in [0.25, 0.3) is 0 Å². The zero-order chi connectivity index (χ0) is 8.97. The molecule has 0 aliphatic rings. The maximum atomic E-state index is 12.6. The molecule has 0 radical (unpaired) electrons. The highest BCUT2D eigenvalue weighted by atomic mass is 19.1. The van der Waals surface area contributed by atoms with E-state index >= 15 is 0 Å². The van der Waals surface area contributed by atoms with Gasteiger partial charge in [0.2, 0.25) is 0 Å². The van der Waals surface area contributed by atoms with Crippen LogP contribution in [0.2, 0.25) is 0 Å². The summed E-state index contributed by atoms with van der Waals surface area (Å²) in [5, 5.41) is 9.28. The molecule has 1 N–H and O–H groups in total. The third-order valence-corrected chi connectivity index (χ3v) is 1.83. The maximum absolute atomic E-state index is 12.6. The number of hydrogen-bond donors (Lipinski definition) is 1. The Kier molecular flexibility index (Phi) is 3.23. The molecular weight excluding hydrogens is 155 g/mol. The summed E-state index contributed by atoms with van der Waals surface area (Å²) in [5.41, 5.74) is 0.851. The Balaban J connectivity index is 2.63. The van der Waals surface area contributed by atoms with E-state index in [1.807, 2.05) is 13.0 Å². The first-order valence-electron chi connectivity index (χ1n) is 4.15. The average molecular weight is 168 g/mol. The lowest BCUT2D eigenvalue weighted by Gasteiger charge is -2.06. The summed E-state index contributed by atoms with van der Waals surface area (Å²) in [6, 6.07) is 6.34. The molecule has 0 unspecified atom stereocenters. The van der Waals surface area contributed by atoms with Crippen molar-refractivity contribution in [2.45, 2.75) is 25.9 Å². The summed E-state index contributed by atoms with van der Waals surface area (Å²) in [4.78, 5) is 0. The Morgan fingerprint density at radius 3 is 2.83 bits per heavy atom. The van der Waals surface area contributed by atoms with Gasteiger partial charge in [0, 0.05) is 0 Å². The van der Waals surface area contributed by atoms with E-state index in [1.54, 1.807) is 6.07 Å². The molecule has 1 atom stereocenters. The van der Waals surface area contributed by atoms with Gasteiger partial charge in [0.1, 0.15) is 5.82 Å². The first-order chi connectivity index (χ1) is 5.72. The van der Waals surface area contributed by atoms with Crippen LogP contribution >= 0.6 is 0 Å². The molecule has 12 heavy (non-hydrogen) atoms. The van der Waals surface area contributed by atoms with E-state index in [4.69, 9.17) is 0 Å². The Hall–Kier alpha value is -0.890. The molecule has 2 heteroatoms. The number of rotatable bonds is 3. The molecule has 0 saturated carbocycles. The molecule has 0 fully saturated rings. The Bertz CT molecular complexity index is 247. The van der Waals surface area contributed by atoms with Gasteiger partial charge in [-0.1, -0.05) is 19.1 Å². The van der Waals surface area contributed by atoms with Gasteiger partial charge in [0.15, 0.2) is 0 Å². The molecular formula is C10H13FO. The molecule has 0 aliphatic carbocycles.